The maximum absolute atomic E-state index is 13.7. The quantitative estimate of drug-likeness (QED) is 0.593. The molecule has 1 aromatic rings. The van der Waals surface area contributed by atoms with Gasteiger partial charge in [0.25, 0.3) is 0 Å². The van der Waals surface area contributed by atoms with Gasteiger partial charge in [0.15, 0.2) is 11.6 Å². The third-order valence-electron chi connectivity index (χ3n) is 2.56. The summed E-state index contributed by atoms with van der Waals surface area (Å²) in [5, 5.41) is 11.7. The van der Waals surface area contributed by atoms with Crippen molar-refractivity contribution in [1.82, 2.24) is 5.32 Å². The van der Waals surface area contributed by atoms with Gasteiger partial charge in [-0.05, 0) is 6.07 Å². The van der Waals surface area contributed by atoms with Crippen LogP contribution in [0.25, 0.3) is 0 Å². The summed E-state index contributed by atoms with van der Waals surface area (Å²) < 4.78 is 29.2. The highest BCUT2D eigenvalue weighted by Crippen LogP contribution is 2.22. The molecule has 1 rings (SSSR count). The number of para-hydroxylation sites is 1. The van der Waals surface area contributed by atoms with Crippen molar-refractivity contribution in [2.24, 2.45) is 0 Å². The molecular formula is C14H22FNO4. The van der Waals surface area contributed by atoms with Gasteiger partial charge in [-0.3, -0.25) is 0 Å². The van der Waals surface area contributed by atoms with Crippen molar-refractivity contribution >= 4 is 0 Å². The first-order chi connectivity index (χ1) is 9.79. The molecule has 5 nitrogen and oxygen atoms in total. The molecule has 0 fully saturated rings. The van der Waals surface area contributed by atoms with Crippen molar-refractivity contribution in [2.45, 2.75) is 6.54 Å². The Kier molecular flexibility index (Phi) is 8.90. The topological polar surface area (TPSA) is 60.0 Å². The summed E-state index contributed by atoms with van der Waals surface area (Å²) in [7, 11) is 1.63. The molecule has 0 saturated carbocycles. The van der Waals surface area contributed by atoms with E-state index in [9.17, 15) is 4.39 Å². The summed E-state index contributed by atoms with van der Waals surface area (Å²) >= 11 is 0. The van der Waals surface area contributed by atoms with Crippen LogP contribution in [0.1, 0.15) is 5.56 Å². The average molecular weight is 287 g/mol. The Balaban J connectivity index is 2.45. The van der Waals surface area contributed by atoms with E-state index in [2.05, 4.69) is 5.32 Å². The smallest absolute Gasteiger partial charge is 0.165 e. The third-order valence-corrected chi connectivity index (χ3v) is 2.56. The van der Waals surface area contributed by atoms with Gasteiger partial charge >= 0.3 is 0 Å². The van der Waals surface area contributed by atoms with Gasteiger partial charge in [-0.25, -0.2) is 4.39 Å². The summed E-state index contributed by atoms with van der Waals surface area (Å²) in [6.45, 7) is 2.57. The molecular weight excluding hydrogens is 265 g/mol. The third kappa shape index (κ3) is 6.29. The molecule has 0 radical (unpaired) electrons. The van der Waals surface area contributed by atoms with Crippen LogP contribution in [0.3, 0.4) is 0 Å². The number of halogens is 1. The van der Waals surface area contributed by atoms with E-state index >= 15 is 0 Å². The largest absolute Gasteiger partial charge is 0.488 e. The van der Waals surface area contributed by atoms with E-state index in [1.165, 1.54) is 6.07 Å². The summed E-state index contributed by atoms with van der Waals surface area (Å²) in [5.74, 6) is -0.150. The van der Waals surface area contributed by atoms with E-state index in [0.717, 1.165) is 5.56 Å². The predicted octanol–water partition coefficient (Wildman–Crippen LogP) is 0.949. The summed E-state index contributed by atoms with van der Waals surface area (Å²) in [5.41, 5.74) is 0.753. The van der Waals surface area contributed by atoms with Crippen molar-refractivity contribution in [1.29, 1.82) is 0 Å². The molecule has 0 atom stereocenters. The van der Waals surface area contributed by atoms with Crippen LogP contribution in [0.2, 0.25) is 0 Å². The van der Waals surface area contributed by atoms with Crippen molar-refractivity contribution in [3.05, 3.63) is 29.6 Å². The minimum Gasteiger partial charge on any atom is -0.488 e. The average Bonchev–Trinajstić information content (AvgIpc) is 2.45. The molecule has 114 valence electrons. The molecule has 0 aliphatic carbocycles. The Hall–Kier alpha value is -1.21. The lowest BCUT2D eigenvalue weighted by molar-refractivity contribution is 0.0693. The fraction of sp³-hybridized carbons (Fsp3) is 0.571. The first-order valence-electron chi connectivity index (χ1n) is 6.58. The highest BCUT2D eigenvalue weighted by molar-refractivity contribution is 5.34. The van der Waals surface area contributed by atoms with Crippen molar-refractivity contribution in [3.63, 3.8) is 0 Å². The number of aliphatic hydroxyl groups excluding tert-OH is 1. The van der Waals surface area contributed by atoms with Crippen molar-refractivity contribution in [2.75, 3.05) is 46.7 Å². The molecule has 0 heterocycles. The van der Waals surface area contributed by atoms with Gasteiger partial charge < -0.3 is 24.6 Å². The molecule has 2 N–H and O–H groups in total. The Morgan fingerprint density at radius 1 is 1.20 bits per heavy atom. The molecule has 0 aliphatic rings. The van der Waals surface area contributed by atoms with Crippen LogP contribution in [0.15, 0.2) is 18.2 Å². The van der Waals surface area contributed by atoms with Gasteiger partial charge in [0.1, 0.15) is 6.61 Å². The van der Waals surface area contributed by atoms with E-state index in [1.807, 2.05) is 6.07 Å². The second-order valence-electron chi connectivity index (χ2n) is 4.08. The van der Waals surface area contributed by atoms with Gasteiger partial charge in [0, 0.05) is 25.8 Å². The number of hydrogen-bond donors (Lipinski definition) is 2. The lowest BCUT2D eigenvalue weighted by Gasteiger charge is -2.13. The minimum atomic E-state index is -0.391. The summed E-state index contributed by atoms with van der Waals surface area (Å²) in [4.78, 5) is 0. The van der Waals surface area contributed by atoms with Gasteiger partial charge in [0.2, 0.25) is 0 Å². The standard InChI is InChI=1S/C14H22FNO4/c1-18-7-5-16-11-12-3-2-4-13(15)14(12)20-10-9-19-8-6-17/h2-4,16-17H,5-11H2,1H3. The number of nitrogens with one attached hydrogen (secondary N) is 1. The zero-order valence-electron chi connectivity index (χ0n) is 11.7. The van der Waals surface area contributed by atoms with E-state index in [-0.39, 0.29) is 25.6 Å². The lowest BCUT2D eigenvalue weighted by Crippen LogP contribution is -2.19. The predicted molar refractivity (Wildman–Crippen MR) is 73.4 cm³/mol. The van der Waals surface area contributed by atoms with Crippen LogP contribution >= 0.6 is 0 Å². The molecule has 1 aromatic carbocycles. The fourth-order valence-corrected chi connectivity index (χ4v) is 1.62. The number of methoxy groups -OCH3 is 1. The molecule has 0 spiro atoms. The van der Waals surface area contributed by atoms with Gasteiger partial charge in [-0.15, -0.1) is 0 Å². The van der Waals surface area contributed by atoms with Crippen LogP contribution in [0, 0.1) is 5.82 Å². The fourth-order valence-electron chi connectivity index (χ4n) is 1.62. The molecule has 6 heteroatoms. The minimum absolute atomic E-state index is 0.0334. The number of ether oxygens (including phenoxy) is 3. The van der Waals surface area contributed by atoms with E-state index in [1.54, 1.807) is 13.2 Å². The Labute approximate surface area is 118 Å². The molecule has 20 heavy (non-hydrogen) atoms. The van der Waals surface area contributed by atoms with Crippen molar-refractivity contribution < 1.29 is 23.7 Å². The highest BCUT2D eigenvalue weighted by atomic mass is 19.1. The van der Waals surface area contributed by atoms with Crippen LogP contribution in [0.4, 0.5) is 4.39 Å². The molecule has 0 bridgehead atoms. The molecule has 0 aliphatic heterocycles. The van der Waals surface area contributed by atoms with Gasteiger partial charge in [-0.2, -0.15) is 0 Å². The zero-order valence-corrected chi connectivity index (χ0v) is 11.7. The number of aliphatic hydroxyl groups is 1. The number of hydrogen-bond acceptors (Lipinski definition) is 5. The normalized spacial score (nSPS) is 10.8. The van der Waals surface area contributed by atoms with Crippen molar-refractivity contribution in [3.8, 4) is 5.75 Å². The number of benzene rings is 1. The Morgan fingerprint density at radius 2 is 2.05 bits per heavy atom. The number of rotatable bonds is 11. The monoisotopic (exact) mass is 287 g/mol. The Morgan fingerprint density at radius 3 is 2.80 bits per heavy atom. The Bertz CT molecular complexity index is 376. The van der Waals surface area contributed by atoms with E-state index in [0.29, 0.717) is 26.3 Å². The summed E-state index contributed by atoms with van der Waals surface area (Å²) in [6.07, 6.45) is 0. The second kappa shape index (κ2) is 10.6. The van der Waals surface area contributed by atoms with Crippen LogP contribution in [0.5, 0.6) is 5.75 Å². The zero-order chi connectivity index (χ0) is 14.6. The van der Waals surface area contributed by atoms with Crippen LogP contribution in [-0.2, 0) is 16.0 Å². The first kappa shape index (κ1) is 16.8. The van der Waals surface area contributed by atoms with E-state index in [4.69, 9.17) is 19.3 Å². The highest BCUT2D eigenvalue weighted by Gasteiger charge is 2.09. The van der Waals surface area contributed by atoms with Crippen LogP contribution in [-0.4, -0.2) is 51.8 Å². The first-order valence-corrected chi connectivity index (χ1v) is 6.58. The lowest BCUT2D eigenvalue weighted by atomic mass is 10.2. The SMILES string of the molecule is COCCNCc1cccc(F)c1OCCOCCO. The van der Waals surface area contributed by atoms with Gasteiger partial charge in [-0.1, -0.05) is 12.1 Å². The van der Waals surface area contributed by atoms with Gasteiger partial charge in [0.05, 0.1) is 26.4 Å². The molecule has 0 amide bonds. The second-order valence-corrected chi connectivity index (χ2v) is 4.08. The molecule has 0 saturated heterocycles. The molecule has 0 aromatic heterocycles. The maximum atomic E-state index is 13.7. The molecule has 0 unspecified atom stereocenters. The summed E-state index contributed by atoms with van der Waals surface area (Å²) in [6, 6.07) is 4.83. The van der Waals surface area contributed by atoms with E-state index < -0.39 is 5.82 Å². The van der Waals surface area contributed by atoms with Crippen LogP contribution < -0.4 is 10.1 Å². The maximum Gasteiger partial charge on any atom is 0.165 e.